The number of hydrogen-bond acceptors (Lipinski definition) is 8. The van der Waals surface area contributed by atoms with Gasteiger partial charge < -0.3 is 18.9 Å². The molecule has 4 aromatic rings. The third kappa shape index (κ3) is 8.27. The van der Waals surface area contributed by atoms with Crippen molar-refractivity contribution in [2.75, 3.05) is 32.2 Å². The molecule has 0 fully saturated rings. The Hall–Kier alpha value is -4.26. The Kier molecular flexibility index (Phi) is 11.3. The van der Waals surface area contributed by atoms with Gasteiger partial charge in [-0.15, -0.1) is 0 Å². The highest BCUT2D eigenvalue weighted by atomic mass is 79.9. The molecule has 0 heterocycles. The molecule has 0 aromatic heterocycles. The van der Waals surface area contributed by atoms with Crippen molar-refractivity contribution >= 4 is 55.4 Å². The van der Waals surface area contributed by atoms with Gasteiger partial charge in [0.2, 0.25) is 0 Å². The van der Waals surface area contributed by atoms with E-state index in [0.29, 0.717) is 32.3 Å². The van der Waals surface area contributed by atoms with Crippen molar-refractivity contribution in [3.8, 4) is 23.0 Å². The molecule has 10 nitrogen and oxygen atoms in total. The molecule has 4 aromatic carbocycles. The number of nitrogens with zero attached hydrogens (tertiary/aromatic N) is 2. The number of benzene rings is 4. The molecule has 4 rings (SSSR count). The normalized spacial score (nSPS) is 11.2. The van der Waals surface area contributed by atoms with Crippen molar-refractivity contribution < 1.29 is 32.2 Å². The Morgan fingerprint density at radius 2 is 1.67 bits per heavy atom. The van der Waals surface area contributed by atoms with Crippen LogP contribution in [0.4, 0.5) is 5.69 Å². The van der Waals surface area contributed by atoms with Crippen LogP contribution in [-0.4, -0.2) is 48.4 Å². The number of sulfonamides is 1. The summed E-state index contributed by atoms with van der Waals surface area (Å²) in [6, 6.07) is 21.7. The minimum absolute atomic E-state index is 0.0102. The number of anilines is 1. The summed E-state index contributed by atoms with van der Waals surface area (Å²) in [4.78, 5) is 13.1. The van der Waals surface area contributed by atoms with Crippen LogP contribution in [0, 0.1) is 6.92 Å². The first kappa shape index (κ1) is 33.6. The van der Waals surface area contributed by atoms with Gasteiger partial charge in [-0.3, -0.25) is 9.10 Å². The van der Waals surface area contributed by atoms with Gasteiger partial charge in [-0.2, -0.15) is 5.10 Å². The molecule has 0 aliphatic heterocycles. The van der Waals surface area contributed by atoms with Crippen LogP contribution in [0.1, 0.15) is 16.7 Å². The predicted molar refractivity (Wildman–Crippen MR) is 177 cm³/mol. The molecular formula is C32H31BrClN3O7S. The molecule has 0 saturated carbocycles. The molecule has 0 radical (unpaired) electrons. The van der Waals surface area contributed by atoms with Crippen LogP contribution in [0.2, 0.25) is 5.02 Å². The molecule has 1 N–H and O–H groups in total. The molecule has 45 heavy (non-hydrogen) atoms. The Labute approximate surface area is 275 Å². The number of hydrazone groups is 1. The fraction of sp³-hybridized carbons (Fsp3) is 0.188. The van der Waals surface area contributed by atoms with Crippen LogP contribution in [0.15, 0.2) is 93.3 Å². The molecular weight excluding hydrogens is 686 g/mol. The third-order valence-electron chi connectivity index (χ3n) is 6.54. The number of aryl methyl sites for hydroxylation is 1. The maximum absolute atomic E-state index is 13.8. The third-order valence-corrected chi connectivity index (χ3v) is 9.27. The lowest BCUT2D eigenvalue weighted by atomic mass is 10.2. The highest BCUT2D eigenvalue weighted by Gasteiger charge is 2.29. The van der Waals surface area contributed by atoms with Gasteiger partial charge in [0.05, 0.1) is 42.6 Å². The van der Waals surface area contributed by atoms with E-state index in [0.717, 1.165) is 15.4 Å². The average molecular weight is 717 g/mol. The van der Waals surface area contributed by atoms with Gasteiger partial charge in [-0.05, 0) is 70.9 Å². The monoisotopic (exact) mass is 715 g/mol. The number of methoxy groups -OCH3 is 3. The molecule has 13 heteroatoms. The van der Waals surface area contributed by atoms with E-state index in [9.17, 15) is 13.2 Å². The van der Waals surface area contributed by atoms with E-state index >= 15 is 0 Å². The summed E-state index contributed by atoms with van der Waals surface area (Å²) in [5.41, 5.74) is 4.83. The van der Waals surface area contributed by atoms with Crippen molar-refractivity contribution in [1.29, 1.82) is 0 Å². The van der Waals surface area contributed by atoms with E-state index in [2.05, 4.69) is 26.5 Å². The van der Waals surface area contributed by atoms with E-state index in [-0.39, 0.29) is 22.9 Å². The standard InChI is InChI=1S/C32H31BrClN3O7S/c1-21-9-12-25(13-10-21)45(39,40)37(28-14-11-24(41-2)17-29(28)42-3)19-31(38)36-35-18-22-15-26(33)32(30(16-22)43-4)44-20-23-7-5-6-8-27(23)34/h5-18H,19-20H2,1-4H3,(H,36,38)/b35-18-. The number of carbonyl (C=O) groups is 1. The summed E-state index contributed by atoms with van der Waals surface area (Å²) >= 11 is 9.75. The van der Waals surface area contributed by atoms with E-state index in [1.807, 2.05) is 25.1 Å². The fourth-order valence-corrected chi connectivity index (χ4v) is 6.39. The number of nitrogens with one attached hydrogen (secondary N) is 1. The number of halogens is 2. The molecule has 0 spiro atoms. The quantitative estimate of drug-likeness (QED) is 0.127. The zero-order chi connectivity index (χ0) is 32.6. The van der Waals surface area contributed by atoms with Crippen LogP contribution in [0.25, 0.3) is 0 Å². The van der Waals surface area contributed by atoms with Gasteiger partial charge >= 0.3 is 0 Å². The Balaban J connectivity index is 1.54. The fourth-order valence-electron chi connectivity index (χ4n) is 4.19. The minimum atomic E-state index is -4.19. The molecule has 0 atom stereocenters. The number of rotatable bonds is 13. The molecule has 0 bridgehead atoms. The Morgan fingerprint density at radius 3 is 2.33 bits per heavy atom. The van der Waals surface area contributed by atoms with Crippen LogP contribution in [-0.2, 0) is 21.4 Å². The second-order valence-electron chi connectivity index (χ2n) is 9.57. The Morgan fingerprint density at radius 1 is 0.956 bits per heavy atom. The van der Waals surface area contributed by atoms with Crippen LogP contribution in [0.5, 0.6) is 23.0 Å². The van der Waals surface area contributed by atoms with E-state index in [1.54, 1.807) is 36.4 Å². The summed E-state index contributed by atoms with van der Waals surface area (Å²) in [5, 5.41) is 4.63. The SMILES string of the molecule is COc1ccc(N(CC(=O)N/N=C\c2cc(Br)c(OCc3ccccc3Cl)c(OC)c2)S(=O)(=O)c2ccc(C)cc2)c(OC)c1. The van der Waals surface area contributed by atoms with Crippen molar-refractivity contribution in [3.05, 3.63) is 105 Å². The zero-order valence-corrected chi connectivity index (χ0v) is 28.1. The van der Waals surface area contributed by atoms with Crippen LogP contribution >= 0.6 is 27.5 Å². The number of carbonyl (C=O) groups excluding carboxylic acids is 1. The summed E-state index contributed by atoms with van der Waals surface area (Å²) in [6.45, 7) is 1.48. The van der Waals surface area contributed by atoms with Gasteiger partial charge in [0.25, 0.3) is 15.9 Å². The number of hydrogen-bond donors (Lipinski definition) is 1. The van der Waals surface area contributed by atoms with Gasteiger partial charge in [0, 0.05) is 16.7 Å². The zero-order valence-electron chi connectivity index (χ0n) is 24.9. The van der Waals surface area contributed by atoms with Crippen molar-refractivity contribution in [2.45, 2.75) is 18.4 Å². The van der Waals surface area contributed by atoms with Crippen LogP contribution in [0.3, 0.4) is 0 Å². The van der Waals surface area contributed by atoms with Gasteiger partial charge in [0.1, 0.15) is 24.7 Å². The first-order chi connectivity index (χ1) is 21.6. The van der Waals surface area contributed by atoms with E-state index < -0.39 is 22.5 Å². The summed E-state index contributed by atoms with van der Waals surface area (Å²) < 4.78 is 51.3. The lowest BCUT2D eigenvalue weighted by Gasteiger charge is -2.25. The predicted octanol–water partition coefficient (Wildman–Crippen LogP) is 6.36. The van der Waals surface area contributed by atoms with Crippen molar-refractivity contribution in [3.63, 3.8) is 0 Å². The lowest BCUT2D eigenvalue weighted by Crippen LogP contribution is -2.39. The maximum Gasteiger partial charge on any atom is 0.264 e. The van der Waals surface area contributed by atoms with Crippen LogP contribution < -0.4 is 28.7 Å². The van der Waals surface area contributed by atoms with Gasteiger partial charge in [-0.25, -0.2) is 13.8 Å². The smallest absolute Gasteiger partial charge is 0.264 e. The molecule has 0 unspecified atom stereocenters. The first-order valence-electron chi connectivity index (χ1n) is 13.4. The first-order valence-corrected chi connectivity index (χ1v) is 16.1. The highest BCUT2D eigenvalue weighted by molar-refractivity contribution is 9.10. The summed E-state index contributed by atoms with van der Waals surface area (Å²) in [7, 11) is 0.199. The van der Waals surface area contributed by atoms with E-state index in [1.165, 1.54) is 51.8 Å². The van der Waals surface area contributed by atoms with Gasteiger partial charge in [-0.1, -0.05) is 47.5 Å². The topological polar surface area (TPSA) is 116 Å². The maximum atomic E-state index is 13.8. The van der Waals surface area contributed by atoms with Crippen molar-refractivity contribution in [1.82, 2.24) is 5.43 Å². The molecule has 1 amide bonds. The molecule has 0 aliphatic carbocycles. The minimum Gasteiger partial charge on any atom is -0.497 e. The lowest BCUT2D eigenvalue weighted by molar-refractivity contribution is -0.119. The molecule has 0 aliphatic rings. The highest BCUT2D eigenvalue weighted by Crippen LogP contribution is 2.38. The largest absolute Gasteiger partial charge is 0.497 e. The number of ether oxygens (including phenoxy) is 4. The summed E-state index contributed by atoms with van der Waals surface area (Å²) in [6.07, 6.45) is 1.40. The average Bonchev–Trinajstić information content (AvgIpc) is 3.03. The molecule has 0 saturated heterocycles. The molecule has 236 valence electrons. The van der Waals surface area contributed by atoms with Gasteiger partial charge in [0.15, 0.2) is 11.5 Å². The Bertz CT molecular complexity index is 1800. The second kappa shape index (κ2) is 15.2. The van der Waals surface area contributed by atoms with E-state index in [4.69, 9.17) is 30.5 Å². The number of amides is 1. The summed E-state index contributed by atoms with van der Waals surface area (Å²) in [5.74, 6) is 0.857. The van der Waals surface area contributed by atoms with Crippen molar-refractivity contribution in [2.24, 2.45) is 5.10 Å². The second-order valence-corrected chi connectivity index (χ2v) is 12.7.